The second kappa shape index (κ2) is 6.84. The largest absolute Gasteiger partial charge is 0.438 e. The number of hydrogen-bond donors (Lipinski definition) is 1. The molecule has 1 fully saturated rings. The normalized spacial score (nSPS) is 17.3. The third-order valence-corrected chi connectivity index (χ3v) is 5.40. The molecule has 0 radical (unpaired) electrons. The summed E-state index contributed by atoms with van der Waals surface area (Å²) in [5, 5.41) is 7.58. The van der Waals surface area contributed by atoms with E-state index in [-0.39, 0.29) is 22.8 Å². The number of furan rings is 1. The van der Waals surface area contributed by atoms with Crippen LogP contribution in [0.15, 0.2) is 26.1 Å². The van der Waals surface area contributed by atoms with Gasteiger partial charge in [-0.15, -0.1) is 10.2 Å². The van der Waals surface area contributed by atoms with Crippen molar-refractivity contribution >= 4 is 10.0 Å². The summed E-state index contributed by atoms with van der Waals surface area (Å²) in [5.41, 5.74) is 0. The third kappa shape index (κ3) is 3.81. The Labute approximate surface area is 135 Å². The standard InChI is InChI=1S/C15H21N3O4S/c1-2-13-16-17-15(22-13)12-9-10-14(21-12)23(19,20)18-11-7-5-3-4-6-8-11/h9-11,18H,2-8H2,1H3. The third-order valence-electron chi connectivity index (χ3n) is 4.00. The second-order valence-corrected chi connectivity index (χ2v) is 7.43. The van der Waals surface area contributed by atoms with E-state index in [1.54, 1.807) is 0 Å². The van der Waals surface area contributed by atoms with E-state index in [0.717, 1.165) is 25.7 Å². The van der Waals surface area contributed by atoms with Gasteiger partial charge in [0.2, 0.25) is 11.0 Å². The van der Waals surface area contributed by atoms with E-state index < -0.39 is 10.0 Å². The number of rotatable bonds is 5. The minimum Gasteiger partial charge on any atom is -0.438 e. The average molecular weight is 339 g/mol. The lowest BCUT2D eigenvalue weighted by atomic mass is 10.1. The van der Waals surface area contributed by atoms with Gasteiger partial charge in [0, 0.05) is 12.5 Å². The Kier molecular flexibility index (Phi) is 4.82. The molecule has 0 unspecified atom stereocenters. The van der Waals surface area contributed by atoms with Crippen LogP contribution in [0.3, 0.4) is 0 Å². The van der Waals surface area contributed by atoms with E-state index >= 15 is 0 Å². The summed E-state index contributed by atoms with van der Waals surface area (Å²) < 4.78 is 38.4. The fourth-order valence-electron chi connectivity index (χ4n) is 2.75. The molecule has 0 aromatic carbocycles. The smallest absolute Gasteiger partial charge is 0.283 e. The molecule has 0 atom stereocenters. The van der Waals surface area contributed by atoms with E-state index in [1.165, 1.54) is 25.0 Å². The van der Waals surface area contributed by atoms with Gasteiger partial charge in [0.05, 0.1) is 0 Å². The van der Waals surface area contributed by atoms with Crippen molar-refractivity contribution in [2.24, 2.45) is 0 Å². The molecule has 1 aliphatic rings. The maximum atomic E-state index is 12.4. The molecule has 2 heterocycles. The highest BCUT2D eigenvalue weighted by Gasteiger charge is 2.25. The lowest BCUT2D eigenvalue weighted by molar-refractivity contribution is 0.425. The van der Waals surface area contributed by atoms with Gasteiger partial charge < -0.3 is 8.83 Å². The molecule has 0 saturated heterocycles. The maximum Gasteiger partial charge on any atom is 0.283 e. The summed E-state index contributed by atoms with van der Waals surface area (Å²) in [6.45, 7) is 1.89. The quantitative estimate of drug-likeness (QED) is 0.841. The van der Waals surface area contributed by atoms with Gasteiger partial charge in [0.1, 0.15) is 0 Å². The Morgan fingerprint density at radius 3 is 2.52 bits per heavy atom. The van der Waals surface area contributed by atoms with Gasteiger partial charge in [-0.1, -0.05) is 32.6 Å². The van der Waals surface area contributed by atoms with Gasteiger partial charge in [-0.05, 0) is 25.0 Å². The van der Waals surface area contributed by atoms with Gasteiger partial charge in [-0.2, -0.15) is 0 Å². The highest BCUT2D eigenvalue weighted by atomic mass is 32.2. The fraction of sp³-hybridized carbons (Fsp3) is 0.600. The molecule has 0 amide bonds. The first-order valence-electron chi connectivity index (χ1n) is 8.03. The van der Waals surface area contributed by atoms with Crippen LogP contribution in [-0.2, 0) is 16.4 Å². The molecule has 3 rings (SSSR count). The van der Waals surface area contributed by atoms with Crippen molar-refractivity contribution in [2.45, 2.75) is 63.0 Å². The number of nitrogens with one attached hydrogen (secondary N) is 1. The molecular formula is C15H21N3O4S. The molecule has 7 nitrogen and oxygen atoms in total. The number of hydrogen-bond acceptors (Lipinski definition) is 6. The van der Waals surface area contributed by atoms with Gasteiger partial charge in [0.15, 0.2) is 5.76 Å². The van der Waals surface area contributed by atoms with Gasteiger partial charge >= 0.3 is 0 Å². The summed E-state index contributed by atoms with van der Waals surface area (Å²) in [6.07, 6.45) is 6.80. The summed E-state index contributed by atoms with van der Waals surface area (Å²) >= 11 is 0. The average Bonchev–Trinajstić information content (AvgIpc) is 3.13. The minimum absolute atomic E-state index is 0.0221. The predicted octanol–water partition coefficient (Wildman–Crippen LogP) is 2.89. The van der Waals surface area contributed by atoms with Crippen LogP contribution < -0.4 is 4.72 Å². The molecule has 0 aliphatic heterocycles. The first kappa shape index (κ1) is 16.2. The molecular weight excluding hydrogens is 318 g/mol. The molecule has 8 heteroatoms. The zero-order valence-corrected chi connectivity index (χ0v) is 13.9. The SMILES string of the molecule is CCc1nnc(-c2ccc(S(=O)(=O)NC3CCCCCC3)o2)o1. The molecule has 2 aromatic heterocycles. The predicted molar refractivity (Wildman–Crippen MR) is 83.2 cm³/mol. The van der Waals surface area contributed by atoms with Crippen LogP contribution in [0.4, 0.5) is 0 Å². The van der Waals surface area contributed by atoms with E-state index in [2.05, 4.69) is 14.9 Å². The lowest BCUT2D eigenvalue weighted by Crippen LogP contribution is -2.34. The van der Waals surface area contributed by atoms with Crippen LogP contribution in [0.5, 0.6) is 0 Å². The van der Waals surface area contributed by atoms with Crippen molar-refractivity contribution in [1.82, 2.24) is 14.9 Å². The molecule has 23 heavy (non-hydrogen) atoms. The Morgan fingerprint density at radius 2 is 1.87 bits per heavy atom. The van der Waals surface area contributed by atoms with Crippen molar-refractivity contribution in [3.8, 4) is 11.7 Å². The molecule has 126 valence electrons. The van der Waals surface area contributed by atoms with Crippen LogP contribution in [0.25, 0.3) is 11.7 Å². The Hall–Kier alpha value is -1.67. The summed E-state index contributed by atoms with van der Waals surface area (Å²) in [5.74, 6) is 0.939. The molecule has 0 spiro atoms. The van der Waals surface area contributed by atoms with E-state index in [1.807, 2.05) is 6.92 Å². The monoisotopic (exact) mass is 339 g/mol. The first-order valence-corrected chi connectivity index (χ1v) is 9.51. The highest BCUT2D eigenvalue weighted by molar-refractivity contribution is 7.89. The van der Waals surface area contributed by atoms with Crippen LogP contribution in [0.2, 0.25) is 0 Å². The molecule has 2 aromatic rings. The van der Waals surface area contributed by atoms with Crippen molar-refractivity contribution in [3.63, 3.8) is 0 Å². The molecule has 1 aliphatic carbocycles. The van der Waals surface area contributed by atoms with Crippen LogP contribution in [-0.4, -0.2) is 24.7 Å². The van der Waals surface area contributed by atoms with Gasteiger partial charge in [-0.25, -0.2) is 13.1 Å². The zero-order chi connectivity index (χ0) is 16.3. The fourth-order valence-corrected chi connectivity index (χ4v) is 3.99. The lowest BCUT2D eigenvalue weighted by Gasteiger charge is -2.14. The van der Waals surface area contributed by atoms with Crippen molar-refractivity contribution in [1.29, 1.82) is 0 Å². The number of aromatic nitrogens is 2. The maximum absolute atomic E-state index is 12.4. The summed E-state index contributed by atoms with van der Waals surface area (Å²) in [4.78, 5) is 0. The van der Waals surface area contributed by atoms with Gasteiger partial charge in [0.25, 0.3) is 15.9 Å². The van der Waals surface area contributed by atoms with E-state index in [0.29, 0.717) is 12.3 Å². The molecule has 0 bridgehead atoms. The van der Waals surface area contributed by atoms with Crippen LogP contribution in [0, 0.1) is 0 Å². The van der Waals surface area contributed by atoms with Crippen LogP contribution >= 0.6 is 0 Å². The van der Waals surface area contributed by atoms with E-state index in [9.17, 15) is 8.42 Å². The first-order chi connectivity index (χ1) is 11.1. The second-order valence-electron chi connectivity index (χ2n) is 5.78. The topological polar surface area (TPSA) is 98.2 Å². The highest BCUT2D eigenvalue weighted by Crippen LogP contribution is 2.25. The minimum atomic E-state index is -3.67. The number of nitrogens with zero attached hydrogens (tertiary/aromatic N) is 2. The number of sulfonamides is 1. The van der Waals surface area contributed by atoms with Crippen molar-refractivity contribution in [2.75, 3.05) is 0 Å². The zero-order valence-electron chi connectivity index (χ0n) is 13.1. The van der Waals surface area contributed by atoms with Crippen molar-refractivity contribution in [3.05, 3.63) is 18.0 Å². The van der Waals surface area contributed by atoms with Crippen LogP contribution in [0.1, 0.15) is 51.3 Å². The van der Waals surface area contributed by atoms with E-state index in [4.69, 9.17) is 8.83 Å². The summed E-state index contributed by atoms with van der Waals surface area (Å²) in [6, 6.07) is 2.94. The van der Waals surface area contributed by atoms with Gasteiger partial charge in [-0.3, -0.25) is 0 Å². The number of aryl methyl sites for hydroxylation is 1. The van der Waals surface area contributed by atoms with Crippen molar-refractivity contribution < 1.29 is 17.3 Å². The molecule has 1 N–H and O–H groups in total. The Morgan fingerprint density at radius 1 is 1.13 bits per heavy atom. The summed E-state index contributed by atoms with van der Waals surface area (Å²) in [7, 11) is -3.67. The Balaban J connectivity index is 1.75. The Bertz CT molecular complexity index is 742. The molecule has 1 saturated carbocycles.